The van der Waals surface area contributed by atoms with Crippen LogP contribution in [0.3, 0.4) is 0 Å². The topological polar surface area (TPSA) is 40.7 Å². The molecule has 2 aliphatic rings. The second-order valence-corrected chi connectivity index (χ2v) is 5.95. The Morgan fingerprint density at radius 2 is 2.11 bits per heavy atom. The highest BCUT2D eigenvalue weighted by Gasteiger charge is 2.48. The molecule has 0 radical (unpaired) electrons. The second-order valence-electron chi connectivity index (χ2n) is 5.95. The van der Waals surface area contributed by atoms with E-state index >= 15 is 0 Å². The number of imidazole rings is 1. The molecule has 0 aliphatic heterocycles. The molecule has 0 amide bonds. The van der Waals surface area contributed by atoms with Crippen molar-refractivity contribution >= 4 is 17.0 Å². The Labute approximate surface area is 107 Å². The molecule has 0 bridgehead atoms. The van der Waals surface area contributed by atoms with Crippen molar-refractivity contribution < 1.29 is 0 Å². The number of aromatic nitrogens is 2. The lowest BCUT2D eigenvalue weighted by Crippen LogP contribution is -2.38. The largest absolute Gasteiger partial charge is 0.355 e. The van der Waals surface area contributed by atoms with Gasteiger partial charge in [-0.2, -0.15) is 0 Å². The van der Waals surface area contributed by atoms with Crippen molar-refractivity contribution in [1.82, 2.24) is 9.97 Å². The monoisotopic (exact) mass is 241 g/mol. The van der Waals surface area contributed by atoms with Crippen LogP contribution in [0.15, 0.2) is 24.3 Å². The van der Waals surface area contributed by atoms with Gasteiger partial charge in [-0.15, -0.1) is 0 Å². The van der Waals surface area contributed by atoms with Crippen LogP contribution >= 0.6 is 0 Å². The third-order valence-electron chi connectivity index (χ3n) is 4.79. The van der Waals surface area contributed by atoms with E-state index < -0.39 is 0 Å². The van der Waals surface area contributed by atoms with Crippen LogP contribution in [0.25, 0.3) is 11.0 Å². The second kappa shape index (κ2) is 3.74. The fourth-order valence-electron chi connectivity index (χ4n) is 3.35. The molecular formula is C15H19N3. The molecule has 3 nitrogen and oxygen atoms in total. The van der Waals surface area contributed by atoms with Crippen molar-refractivity contribution in [3.63, 3.8) is 0 Å². The number of fused-ring (bicyclic) bond motifs is 1. The molecule has 2 N–H and O–H groups in total. The number of hydrogen-bond acceptors (Lipinski definition) is 2. The van der Waals surface area contributed by atoms with Crippen LogP contribution in [-0.4, -0.2) is 16.5 Å². The number of anilines is 1. The van der Waals surface area contributed by atoms with Gasteiger partial charge in [0.15, 0.2) is 0 Å². The summed E-state index contributed by atoms with van der Waals surface area (Å²) in [5.41, 5.74) is 2.77. The Hall–Kier alpha value is -1.51. The molecule has 0 spiro atoms. The number of benzene rings is 1. The maximum atomic E-state index is 4.59. The third-order valence-corrected chi connectivity index (χ3v) is 4.79. The minimum absolute atomic E-state index is 0.596. The molecule has 0 unspecified atom stereocenters. The first-order valence-corrected chi connectivity index (χ1v) is 7.04. The van der Waals surface area contributed by atoms with Gasteiger partial charge in [-0.1, -0.05) is 18.6 Å². The van der Waals surface area contributed by atoms with Gasteiger partial charge < -0.3 is 10.3 Å². The van der Waals surface area contributed by atoms with Gasteiger partial charge in [0.2, 0.25) is 5.95 Å². The molecule has 2 aliphatic carbocycles. The number of rotatable bonds is 4. The van der Waals surface area contributed by atoms with Crippen molar-refractivity contribution in [3.8, 4) is 0 Å². The summed E-state index contributed by atoms with van der Waals surface area (Å²) in [6.07, 6.45) is 7.12. The quantitative estimate of drug-likeness (QED) is 0.859. The van der Waals surface area contributed by atoms with E-state index in [0.717, 1.165) is 29.4 Å². The number of nitrogens with one attached hydrogen (secondary N) is 2. The van der Waals surface area contributed by atoms with E-state index in [2.05, 4.69) is 27.4 Å². The SMILES string of the molecule is c1ccc2[nH]c(NCC3(C4CC4)CCC3)nc2c1. The number of hydrogen-bond donors (Lipinski definition) is 2. The Balaban J connectivity index is 1.50. The van der Waals surface area contributed by atoms with Crippen molar-refractivity contribution in [1.29, 1.82) is 0 Å². The van der Waals surface area contributed by atoms with E-state index in [1.807, 2.05) is 12.1 Å². The number of aromatic amines is 1. The normalized spacial score (nSPS) is 21.8. The summed E-state index contributed by atoms with van der Waals surface area (Å²) in [6.45, 7) is 1.09. The molecule has 2 aromatic rings. The van der Waals surface area contributed by atoms with Gasteiger partial charge in [0.25, 0.3) is 0 Å². The van der Waals surface area contributed by atoms with Crippen LogP contribution in [0.2, 0.25) is 0 Å². The highest BCUT2D eigenvalue weighted by molar-refractivity contribution is 5.77. The average molecular weight is 241 g/mol. The van der Waals surface area contributed by atoms with Crippen molar-refractivity contribution in [3.05, 3.63) is 24.3 Å². The summed E-state index contributed by atoms with van der Waals surface area (Å²) in [7, 11) is 0. The summed E-state index contributed by atoms with van der Waals surface area (Å²) in [5.74, 6) is 1.92. The van der Waals surface area contributed by atoms with Gasteiger partial charge >= 0.3 is 0 Å². The lowest BCUT2D eigenvalue weighted by atomic mass is 9.65. The molecule has 0 saturated heterocycles. The smallest absolute Gasteiger partial charge is 0.201 e. The van der Waals surface area contributed by atoms with E-state index in [-0.39, 0.29) is 0 Å². The molecular weight excluding hydrogens is 222 g/mol. The molecule has 2 saturated carbocycles. The maximum absolute atomic E-state index is 4.59. The molecule has 1 heterocycles. The molecule has 4 rings (SSSR count). The highest BCUT2D eigenvalue weighted by atomic mass is 15.1. The number of H-pyrrole nitrogens is 1. The summed E-state index contributed by atoms with van der Waals surface area (Å²) in [6, 6.07) is 8.21. The first kappa shape index (κ1) is 10.4. The van der Waals surface area contributed by atoms with E-state index in [0.29, 0.717) is 5.41 Å². The van der Waals surface area contributed by atoms with E-state index in [9.17, 15) is 0 Å². The standard InChI is InChI=1S/C15H19N3/c1-2-5-13-12(4-1)17-14(18-13)16-10-15(8-3-9-15)11-6-7-11/h1-2,4-5,11H,3,6-10H2,(H2,16,17,18). The van der Waals surface area contributed by atoms with Gasteiger partial charge in [0.05, 0.1) is 11.0 Å². The van der Waals surface area contributed by atoms with Crippen LogP contribution in [0.5, 0.6) is 0 Å². The van der Waals surface area contributed by atoms with Crippen LogP contribution in [-0.2, 0) is 0 Å². The van der Waals surface area contributed by atoms with Crippen LogP contribution in [0.1, 0.15) is 32.1 Å². The Morgan fingerprint density at radius 1 is 1.28 bits per heavy atom. The van der Waals surface area contributed by atoms with Crippen LogP contribution in [0, 0.1) is 11.3 Å². The molecule has 3 heteroatoms. The van der Waals surface area contributed by atoms with Crippen molar-refractivity contribution in [2.24, 2.45) is 11.3 Å². The molecule has 94 valence electrons. The first-order chi connectivity index (χ1) is 8.86. The van der Waals surface area contributed by atoms with E-state index in [1.165, 1.54) is 32.1 Å². The number of nitrogens with zero attached hydrogens (tertiary/aromatic N) is 1. The van der Waals surface area contributed by atoms with E-state index in [4.69, 9.17) is 0 Å². The molecule has 0 atom stereocenters. The highest BCUT2D eigenvalue weighted by Crippen LogP contribution is 2.56. The zero-order valence-corrected chi connectivity index (χ0v) is 10.6. The molecule has 1 aromatic carbocycles. The molecule has 1 aromatic heterocycles. The zero-order valence-electron chi connectivity index (χ0n) is 10.6. The van der Waals surface area contributed by atoms with Gasteiger partial charge in [-0.25, -0.2) is 4.98 Å². The lowest BCUT2D eigenvalue weighted by molar-refractivity contribution is 0.118. The summed E-state index contributed by atoms with van der Waals surface area (Å²) < 4.78 is 0. The predicted octanol–water partition coefficient (Wildman–Crippen LogP) is 3.56. The zero-order chi connectivity index (χ0) is 12.0. The van der Waals surface area contributed by atoms with Gasteiger partial charge in [-0.05, 0) is 49.1 Å². The minimum Gasteiger partial charge on any atom is -0.355 e. The fraction of sp³-hybridized carbons (Fsp3) is 0.533. The Morgan fingerprint density at radius 3 is 2.78 bits per heavy atom. The van der Waals surface area contributed by atoms with Gasteiger partial charge in [0.1, 0.15) is 0 Å². The van der Waals surface area contributed by atoms with E-state index in [1.54, 1.807) is 0 Å². The molecule has 2 fully saturated rings. The minimum atomic E-state index is 0.596. The average Bonchev–Trinajstić information content (AvgIpc) is 3.08. The predicted molar refractivity (Wildman–Crippen MR) is 73.6 cm³/mol. The molecule has 18 heavy (non-hydrogen) atoms. The van der Waals surface area contributed by atoms with Crippen molar-refractivity contribution in [2.75, 3.05) is 11.9 Å². The first-order valence-electron chi connectivity index (χ1n) is 7.04. The fourth-order valence-corrected chi connectivity index (χ4v) is 3.35. The van der Waals surface area contributed by atoms with Crippen LogP contribution in [0.4, 0.5) is 5.95 Å². The lowest BCUT2D eigenvalue weighted by Gasteiger charge is -2.42. The van der Waals surface area contributed by atoms with Gasteiger partial charge in [0, 0.05) is 6.54 Å². The number of para-hydroxylation sites is 2. The third kappa shape index (κ3) is 1.61. The van der Waals surface area contributed by atoms with Gasteiger partial charge in [-0.3, -0.25) is 0 Å². The maximum Gasteiger partial charge on any atom is 0.201 e. The summed E-state index contributed by atoms with van der Waals surface area (Å²) in [4.78, 5) is 7.94. The van der Waals surface area contributed by atoms with Crippen molar-refractivity contribution in [2.45, 2.75) is 32.1 Å². The Kier molecular flexibility index (Phi) is 2.16. The summed E-state index contributed by atoms with van der Waals surface area (Å²) in [5, 5.41) is 3.53. The van der Waals surface area contributed by atoms with Crippen LogP contribution < -0.4 is 5.32 Å². The Bertz CT molecular complexity index is 531. The summed E-state index contributed by atoms with van der Waals surface area (Å²) >= 11 is 0.